The van der Waals surface area contributed by atoms with Gasteiger partial charge in [0, 0.05) is 12.1 Å². The minimum Gasteiger partial charge on any atom is -0.382 e. The monoisotopic (exact) mass is 256 g/mol. The van der Waals surface area contributed by atoms with E-state index in [1.54, 1.807) is 6.20 Å². The van der Waals surface area contributed by atoms with Crippen LogP contribution in [0.4, 0.5) is 5.82 Å². The van der Waals surface area contributed by atoms with Crippen LogP contribution in [0, 0.1) is 5.41 Å². The summed E-state index contributed by atoms with van der Waals surface area (Å²) >= 11 is 0. The molecule has 2 aromatic heterocycles. The summed E-state index contributed by atoms with van der Waals surface area (Å²) in [4.78, 5) is 4.42. The summed E-state index contributed by atoms with van der Waals surface area (Å²) in [6, 6.07) is 5.89. The minimum absolute atomic E-state index is 0.294. The SMILES string of the molecule is CC1(C)CCCC1c1[nH]nc(N)c1-c1ccccn1. The van der Waals surface area contributed by atoms with E-state index in [0.717, 1.165) is 17.0 Å². The highest BCUT2D eigenvalue weighted by Gasteiger charge is 2.38. The average Bonchev–Trinajstić information content (AvgIpc) is 2.92. The van der Waals surface area contributed by atoms with Crippen molar-refractivity contribution in [1.29, 1.82) is 0 Å². The third-order valence-corrected chi connectivity index (χ3v) is 4.35. The predicted octanol–water partition coefficient (Wildman–Crippen LogP) is 3.35. The van der Waals surface area contributed by atoms with Crippen molar-refractivity contribution in [3.8, 4) is 11.3 Å². The molecular weight excluding hydrogens is 236 g/mol. The van der Waals surface area contributed by atoms with Gasteiger partial charge in [-0.05, 0) is 30.4 Å². The zero-order valence-corrected chi connectivity index (χ0v) is 11.5. The third kappa shape index (κ3) is 2.01. The van der Waals surface area contributed by atoms with Gasteiger partial charge in [0.25, 0.3) is 0 Å². The minimum atomic E-state index is 0.294. The molecule has 0 aromatic carbocycles. The fraction of sp³-hybridized carbons (Fsp3) is 0.467. The molecule has 0 spiro atoms. The lowest BCUT2D eigenvalue weighted by molar-refractivity contribution is 0.328. The van der Waals surface area contributed by atoms with E-state index in [-0.39, 0.29) is 0 Å². The number of nitrogens with two attached hydrogens (primary N) is 1. The molecule has 1 aliphatic carbocycles. The molecule has 100 valence electrons. The normalized spacial score (nSPS) is 21.7. The Morgan fingerprint density at radius 2 is 2.21 bits per heavy atom. The molecular formula is C15H20N4. The quantitative estimate of drug-likeness (QED) is 0.865. The lowest BCUT2D eigenvalue weighted by atomic mass is 9.78. The first-order valence-electron chi connectivity index (χ1n) is 6.85. The standard InChI is InChI=1S/C15H20N4/c1-15(2)8-5-6-10(15)13-12(14(16)19-18-13)11-7-3-4-9-17-11/h3-4,7,9-10H,5-6,8H2,1-2H3,(H3,16,18,19). The highest BCUT2D eigenvalue weighted by molar-refractivity contribution is 5.74. The number of rotatable bonds is 2. The van der Waals surface area contributed by atoms with Crippen molar-refractivity contribution < 1.29 is 0 Å². The number of anilines is 1. The molecule has 19 heavy (non-hydrogen) atoms. The van der Waals surface area contributed by atoms with Crippen molar-refractivity contribution >= 4 is 5.82 Å². The van der Waals surface area contributed by atoms with Crippen molar-refractivity contribution in [2.75, 3.05) is 5.73 Å². The lowest BCUT2D eigenvalue weighted by Crippen LogP contribution is -2.16. The first-order chi connectivity index (χ1) is 9.09. The summed E-state index contributed by atoms with van der Waals surface area (Å²) in [5.41, 5.74) is 9.39. The molecule has 0 amide bonds. The maximum absolute atomic E-state index is 6.05. The molecule has 1 aliphatic rings. The van der Waals surface area contributed by atoms with Crippen molar-refractivity contribution in [2.24, 2.45) is 5.41 Å². The molecule has 2 aromatic rings. The van der Waals surface area contributed by atoms with E-state index in [1.807, 2.05) is 18.2 Å². The zero-order valence-electron chi connectivity index (χ0n) is 11.5. The Morgan fingerprint density at radius 3 is 2.84 bits per heavy atom. The van der Waals surface area contributed by atoms with E-state index in [2.05, 4.69) is 29.0 Å². The highest BCUT2D eigenvalue weighted by atomic mass is 15.2. The number of pyridine rings is 1. The van der Waals surface area contributed by atoms with Crippen molar-refractivity contribution in [3.05, 3.63) is 30.1 Å². The van der Waals surface area contributed by atoms with Gasteiger partial charge in [0.2, 0.25) is 0 Å². The smallest absolute Gasteiger partial charge is 0.154 e. The van der Waals surface area contributed by atoms with Gasteiger partial charge in [0.15, 0.2) is 5.82 Å². The van der Waals surface area contributed by atoms with Crippen LogP contribution in [0.25, 0.3) is 11.3 Å². The van der Waals surface area contributed by atoms with Crippen LogP contribution in [0.1, 0.15) is 44.7 Å². The van der Waals surface area contributed by atoms with E-state index in [0.29, 0.717) is 17.2 Å². The molecule has 2 heterocycles. The van der Waals surface area contributed by atoms with Crippen LogP contribution in [-0.4, -0.2) is 15.2 Å². The molecule has 0 radical (unpaired) electrons. The van der Waals surface area contributed by atoms with Gasteiger partial charge in [0.05, 0.1) is 17.0 Å². The topological polar surface area (TPSA) is 67.6 Å². The van der Waals surface area contributed by atoms with Gasteiger partial charge in [-0.15, -0.1) is 0 Å². The van der Waals surface area contributed by atoms with Crippen LogP contribution >= 0.6 is 0 Å². The van der Waals surface area contributed by atoms with E-state index < -0.39 is 0 Å². The molecule has 0 bridgehead atoms. The summed E-state index contributed by atoms with van der Waals surface area (Å²) in [5.74, 6) is 1.03. The van der Waals surface area contributed by atoms with Crippen LogP contribution in [0.5, 0.6) is 0 Å². The Hall–Kier alpha value is -1.84. The third-order valence-electron chi connectivity index (χ3n) is 4.35. The van der Waals surface area contributed by atoms with E-state index >= 15 is 0 Å². The molecule has 1 saturated carbocycles. The van der Waals surface area contributed by atoms with Gasteiger partial charge in [-0.1, -0.05) is 26.3 Å². The maximum Gasteiger partial charge on any atom is 0.154 e. The van der Waals surface area contributed by atoms with Gasteiger partial charge in [-0.25, -0.2) is 0 Å². The van der Waals surface area contributed by atoms with Crippen molar-refractivity contribution in [3.63, 3.8) is 0 Å². The summed E-state index contributed by atoms with van der Waals surface area (Å²) in [7, 11) is 0. The number of aromatic nitrogens is 3. The molecule has 3 rings (SSSR count). The van der Waals surface area contributed by atoms with Gasteiger partial charge in [0.1, 0.15) is 0 Å². The van der Waals surface area contributed by atoms with Crippen LogP contribution < -0.4 is 5.73 Å². The second kappa shape index (κ2) is 4.37. The van der Waals surface area contributed by atoms with Gasteiger partial charge in [-0.2, -0.15) is 5.10 Å². The lowest BCUT2D eigenvalue weighted by Gasteiger charge is -2.26. The van der Waals surface area contributed by atoms with E-state index in [9.17, 15) is 0 Å². The zero-order chi connectivity index (χ0) is 13.5. The van der Waals surface area contributed by atoms with Crippen molar-refractivity contribution in [1.82, 2.24) is 15.2 Å². The maximum atomic E-state index is 6.05. The number of nitrogens with zero attached hydrogens (tertiary/aromatic N) is 2. The second-order valence-electron chi connectivity index (χ2n) is 6.05. The molecule has 4 nitrogen and oxygen atoms in total. The summed E-state index contributed by atoms with van der Waals surface area (Å²) in [5, 5.41) is 7.37. The Kier molecular flexibility index (Phi) is 2.81. The number of H-pyrrole nitrogens is 1. The summed E-state index contributed by atoms with van der Waals surface area (Å²) in [6.07, 6.45) is 5.50. The average molecular weight is 256 g/mol. The van der Waals surface area contributed by atoms with Crippen LogP contribution in [-0.2, 0) is 0 Å². The highest BCUT2D eigenvalue weighted by Crippen LogP contribution is 2.50. The molecule has 1 atom stereocenters. The summed E-state index contributed by atoms with van der Waals surface area (Å²) in [6.45, 7) is 4.65. The number of hydrogen-bond donors (Lipinski definition) is 2. The number of hydrogen-bond acceptors (Lipinski definition) is 3. The largest absolute Gasteiger partial charge is 0.382 e. The number of nitrogens with one attached hydrogen (secondary N) is 1. The fourth-order valence-electron chi connectivity index (χ4n) is 3.26. The number of nitrogen functional groups attached to an aromatic ring is 1. The second-order valence-corrected chi connectivity index (χ2v) is 6.05. The fourth-order valence-corrected chi connectivity index (χ4v) is 3.26. The molecule has 0 saturated heterocycles. The Bertz CT molecular complexity index is 571. The Balaban J connectivity index is 2.09. The van der Waals surface area contributed by atoms with Crippen molar-refractivity contribution in [2.45, 2.75) is 39.0 Å². The molecule has 0 aliphatic heterocycles. The molecule has 4 heteroatoms. The van der Waals surface area contributed by atoms with E-state index in [4.69, 9.17) is 5.73 Å². The van der Waals surface area contributed by atoms with Crippen LogP contribution in [0.15, 0.2) is 24.4 Å². The number of aromatic amines is 1. The van der Waals surface area contributed by atoms with Crippen LogP contribution in [0.3, 0.4) is 0 Å². The molecule has 3 N–H and O–H groups in total. The first kappa shape index (κ1) is 12.2. The predicted molar refractivity (Wildman–Crippen MR) is 76.6 cm³/mol. The summed E-state index contributed by atoms with van der Waals surface area (Å²) < 4.78 is 0. The van der Waals surface area contributed by atoms with Gasteiger partial charge in [-0.3, -0.25) is 10.1 Å². The van der Waals surface area contributed by atoms with E-state index in [1.165, 1.54) is 19.3 Å². The molecule has 1 unspecified atom stereocenters. The Labute approximate surface area is 113 Å². The van der Waals surface area contributed by atoms with Gasteiger partial charge >= 0.3 is 0 Å². The van der Waals surface area contributed by atoms with Crippen LogP contribution in [0.2, 0.25) is 0 Å². The van der Waals surface area contributed by atoms with Gasteiger partial charge < -0.3 is 5.73 Å². The Morgan fingerprint density at radius 1 is 1.37 bits per heavy atom. The first-order valence-corrected chi connectivity index (χ1v) is 6.85. The molecule has 1 fully saturated rings.